The number of rotatable bonds is 5. The predicted octanol–water partition coefficient (Wildman–Crippen LogP) is 2.81. The van der Waals surface area contributed by atoms with Gasteiger partial charge in [0.05, 0.1) is 6.61 Å². The molecule has 0 aromatic heterocycles. The molecule has 0 unspecified atom stereocenters. The summed E-state index contributed by atoms with van der Waals surface area (Å²) >= 11 is 0. The van der Waals surface area contributed by atoms with E-state index in [2.05, 4.69) is 5.32 Å². The molecule has 0 radical (unpaired) electrons. The van der Waals surface area contributed by atoms with Crippen LogP contribution in [-0.4, -0.2) is 17.6 Å². The molecule has 0 fully saturated rings. The molecular formula is C17H19NO3. The van der Waals surface area contributed by atoms with Gasteiger partial charge in [0.2, 0.25) is 0 Å². The number of hydrogen-bond donors (Lipinski definition) is 2. The zero-order valence-electron chi connectivity index (χ0n) is 12.2. The van der Waals surface area contributed by atoms with E-state index in [1.807, 2.05) is 38.1 Å². The van der Waals surface area contributed by atoms with E-state index in [0.717, 1.165) is 11.1 Å². The lowest BCUT2D eigenvalue weighted by molar-refractivity contribution is -0.118. The van der Waals surface area contributed by atoms with Crippen molar-refractivity contribution >= 4 is 11.6 Å². The van der Waals surface area contributed by atoms with Gasteiger partial charge in [-0.05, 0) is 37.1 Å². The average molecular weight is 285 g/mol. The predicted molar refractivity (Wildman–Crippen MR) is 82.4 cm³/mol. The molecule has 0 spiro atoms. The van der Waals surface area contributed by atoms with E-state index in [1.54, 1.807) is 18.2 Å². The van der Waals surface area contributed by atoms with Gasteiger partial charge in [-0.15, -0.1) is 0 Å². The fourth-order valence-electron chi connectivity index (χ4n) is 1.97. The maximum absolute atomic E-state index is 11.9. The monoisotopic (exact) mass is 285 g/mol. The van der Waals surface area contributed by atoms with E-state index in [-0.39, 0.29) is 19.1 Å². The van der Waals surface area contributed by atoms with Crippen LogP contribution in [0.5, 0.6) is 5.75 Å². The highest BCUT2D eigenvalue weighted by molar-refractivity contribution is 5.92. The number of aliphatic hydroxyl groups excluding tert-OH is 1. The molecule has 1 amide bonds. The number of nitrogens with one attached hydrogen (secondary N) is 1. The highest BCUT2D eigenvalue weighted by atomic mass is 16.5. The van der Waals surface area contributed by atoms with Crippen LogP contribution in [0.2, 0.25) is 0 Å². The van der Waals surface area contributed by atoms with Crippen LogP contribution in [-0.2, 0) is 11.4 Å². The van der Waals surface area contributed by atoms with Crippen molar-refractivity contribution in [3.8, 4) is 5.75 Å². The molecule has 2 aromatic rings. The number of hydrogen-bond acceptors (Lipinski definition) is 3. The van der Waals surface area contributed by atoms with E-state index in [4.69, 9.17) is 4.74 Å². The lowest BCUT2D eigenvalue weighted by atomic mass is 10.1. The first-order valence-corrected chi connectivity index (χ1v) is 6.79. The number of amides is 1. The highest BCUT2D eigenvalue weighted by Gasteiger charge is 2.08. The van der Waals surface area contributed by atoms with Crippen molar-refractivity contribution in [3.63, 3.8) is 0 Å². The van der Waals surface area contributed by atoms with Gasteiger partial charge in [0.1, 0.15) is 5.75 Å². The van der Waals surface area contributed by atoms with Crippen LogP contribution in [0, 0.1) is 13.8 Å². The number of carbonyl (C=O) groups is 1. The topological polar surface area (TPSA) is 58.6 Å². The fourth-order valence-corrected chi connectivity index (χ4v) is 1.97. The van der Waals surface area contributed by atoms with Gasteiger partial charge in [-0.2, -0.15) is 0 Å². The van der Waals surface area contributed by atoms with Crippen molar-refractivity contribution in [2.45, 2.75) is 20.5 Å². The van der Waals surface area contributed by atoms with Crippen LogP contribution in [0.3, 0.4) is 0 Å². The Labute approximate surface area is 124 Å². The molecule has 2 aromatic carbocycles. The quantitative estimate of drug-likeness (QED) is 0.888. The minimum atomic E-state index is -0.253. The summed E-state index contributed by atoms with van der Waals surface area (Å²) in [5.74, 6) is 0.456. The van der Waals surface area contributed by atoms with Gasteiger partial charge < -0.3 is 15.2 Å². The van der Waals surface area contributed by atoms with Gasteiger partial charge in [0.25, 0.3) is 5.91 Å². The summed E-state index contributed by atoms with van der Waals surface area (Å²) in [5, 5.41) is 12.0. The Kier molecular flexibility index (Phi) is 4.95. The first-order valence-electron chi connectivity index (χ1n) is 6.79. The zero-order chi connectivity index (χ0) is 15.2. The van der Waals surface area contributed by atoms with Crippen LogP contribution in [0.1, 0.15) is 16.7 Å². The smallest absolute Gasteiger partial charge is 0.262 e. The third kappa shape index (κ3) is 4.07. The van der Waals surface area contributed by atoms with Crippen molar-refractivity contribution in [1.29, 1.82) is 0 Å². The number of para-hydroxylation sites is 1. The second kappa shape index (κ2) is 6.90. The summed E-state index contributed by atoms with van der Waals surface area (Å²) in [5.41, 5.74) is 3.36. The average Bonchev–Trinajstić information content (AvgIpc) is 2.49. The van der Waals surface area contributed by atoms with Gasteiger partial charge in [-0.3, -0.25) is 4.79 Å². The summed E-state index contributed by atoms with van der Waals surface area (Å²) in [6.07, 6.45) is 0. The molecule has 0 heterocycles. The zero-order valence-corrected chi connectivity index (χ0v) is 12.2. The molecule has 0 saturated heterocycles. The molecule has 0 atom stereocenters. The van der Waals surface area contributed by atoms with Crippen LogP contribution in [0.15, 0.2) is 42.5 Å². The summed E-state index contributed by atoms with van der Waals surface area (Å²) in [4.78, 5) is 11.9. The van der Waals surface area contributed by atoms with Crippen molar-refractivity contribution in [2.75, 3.05) is 11.9 Å². The van der Waals surface area contributed by atoms with Crippen molar-refractivity contribution in [1.82, 2.24) is 0 Å². The molecule has 0 saturated carbocycles. The molecule has 2 N–H and O–H groups in total. The fraction of sp³-hybridized carbons (Fsp3) is 0.235. The molecule has 2 rings (SSSR count). The second-order valence-electron chi connectivity index (χ2n) is 4.92. The Balaban J connectivity index is 1.97. The largest absolute Gasteiger partial charge is 0.483 e. The van der Waals surface area contributed by atoms with Gasteiger partial charge >= 0.3 is 0 Å². The molecule has 4 heteroatoms. The van der Waals surface area contributed by atoms with Crippen molar-refractivity contribution in [3.05, 3.63) is 59.2 Å². The van der Waals surface area contributed by atoms with E-state index < -0.39 is 0 Å². The Bertz CT molecular complexity index is 638. The van der Waals surface area contributed by atoms with Crippen LogP contribution >= 0.6 is 0 Å². The van der Waals surface area contributed by atoms with Crippen molar-refractivity contribution in [2.24, 2.45) is 0 Å². The Morgan fingerprint density at radius 2 is 1.95 bits per heavy atom. The van der Waals surface area contributed by atoms with Gasteiger partial charge in [0, 0.05) is 11.3 Å². The number of ether oxygens (including phenoxy) is 1. The van der Waals surface area contributed by atoms with Crippen LogP contribution in [0.4, 0.5) is 5.69 Å². The number of aliphatic hydroxyl groups is 1. The second-order valence-corrected chi connectivity index (χ2v) is 4.92. The van der Waals surface area contributed by atoms with E-state index in [9.17, 15) is 9.90 Å². The lowest BCUT2D eigenvalue weighted by Gasteiger charge is -2.12. The SMILES string of the molecule is Cc1ccc(C)c(OCC(=O)Nc2ccccc2CO)c1. The first kappa shape index (κ1) is 15.1. The maximum Gasteiger partial charge on any atom is 0.262 e. The molecule has 4 nitrogen and oxygen atoms in total. The summed E-state index contributed by atoms with van der Waals surface area (Å²) in [6, 6.07) is 13.0. The van der Waals surface area contributed by atoms with Gasteiger partial charge in [-0.1, -0.05) is 30.3 Å². The summed E-state index contributed by atoms with van der Waals surface area (Å²) in [7, 11) is 0. The van der Waals surface area contributed by atoms with E-state index in [0.29, 0.717) is 17.0 Å². The molecule has 0 bridgehead atoms. The van der Waals surface area contributed by atoms with Crippen LogP contribution < -0.4 is 10.1 Å². The Morgan fingerprint density at radius 3 is 2.71 bits per heavy atom. The van der Waals surface area contributed by atoms with Gasteiger partial charge in [-0.25, -0.2) is 0 Å². The third-order valence-electron chi connectivity index (χ3n) is 3.16. The maximum atomic E-state index is 11.9. The number of benzene rings is 2. The number of aryl methyl sites for hydroxylation is 2. The summed E-state index contributed by atoms with van der Waals surface area (Å²) < 4.78 is 5.55. The summed E-state index contributed by atoms with van der Waals surface area (Å²) in [6.45, 7) is 3.73. The molecule has 110 valence electrons. The number of carbonyl (C=O) groups excluding carboxylic acids is 1. The molecule has 0 aliphatic carbocycles. The lowest BCUT2D eigenvalue weighted by Crippen LogP contribution is -2.21. The van der Waals surface area contributed by atoms with Crippen LogP contribution in [0.25, 0.3) is 0 Å². The molecule has 0 aliphatic rings. The first-order chi connectivity index (χ1) is 10.1. The Morgan fingerprint density at radius 1 is 1.19 bits per heavy atom. The van der Waals surface area contributed by atoms with Crippen molar-refractivity contribution < 1.29 is 14.6 Å². The standard InChI is InChI=1S/C17H19NO3/c1-12-7-8-13(2)16(9-12)21-11-17(20)18-15-6-4-3-5-14(15)10-19/h3-9,19H,10-11H2,1-2H3,(H,18,20). The highest BCUT2D eigenvalue weighted by Crippen LogP contribution is 2.19. The van der Waals surface area contributed by atoms with E-state index >= 15 is 0 Å². The van der Waals surface area contributed by atoms with E-state index in [1.165, 1.54) is 0 Å². The molecule has 21 heavy (non-hydrogen) atoms. The Hall–Kier alpha value is -2.33. The molecular weight excluding hydrogens is 266 g/mol. The minimum Gasteiger partial charge on any atom is -0.483 e. The third-order valence-corrected chi connectivity index (χ3v) is 3.16. The number of anilines is 1. The molecule has 0 aliphatic heterocycles. The van der Waals surface area contributed by atoms with Gasteiger partial charge in [0.15, 0.2) is 6.61 Å². The normalized spacial score (nSPS) is 10.2. The minimum absolute atomic E-state index is 0.0654.